The van der Waals surface area contributed by atoms with Crippen LogP contribution in [0.25, 0.3) is 0 Å². The third-order valence-corrected chi connectivity index (χ3v) is 3.61. The van der Waals surface area contributed by atoms with Gasteiger partial charge in [-0.2, -0.15) is 0 Å². The molecule has 3 nitrogen and oxygen atoms in total. The molecular weight excluding hydrogens is 248 g/mol. The van der Waals surface area contributed by atoms with Gasteiger partial charge < -0.3 is 10.2 Å². The average Bonchev–Trinajstić information content (AvgIpc) is 2.70. The van der Waals surface area contributed by atoms with Crippen LogP contribution < -0.4 is 10.2 Å². The Hall–Kier alpha value is -2.13. The monoisotopic (exact) mass is 266 g/mol. The van der Waals surface area contributed by atoms with Gasteiger partial charge in [0.2, 0.25) is 5.91 Å². The van der Waals surface area contributed by atoms with E-state index in [4.69, 9.17) is 0 Å². The van der Waals surface area contributed by atoms with E-state index < -0.39 is 0 Å². The lowest BCUT2D eigenvalue weighted by Crippen LogP contribution is -2.35. The highest BCUT2D eigenvalue weighted by molar-refractivity contribution is 5.95. The van der Waals surface area contributed by atoms with Gasteiger partial charge in [0, 0.05) is 25.3 Å². The van der Waals surface area contributed by atoms with Crippen molar-refractivity contribution in [2.45, 2.75) is 13.0 Å². The van der Waals surface area contributed by atoms with E-state index in [1.807, 2.05) is 53.4 Å². The van der Waals surface area contributed by atoms with E-state index in [1.165, 1.54) is 5.56 Å². The van der Waals surface area contributed by atoms with E-state index in [0.29, 0.717) is 6.42 Å². The quantitative estimate of drug-likeness (QED) is 0.905. The summed E-state index contributed by atoms with van der Waals surface area (Å²) in [7, 11) is 0. The number of amides is 1. The van der Waals surface area contributed by atoms with Crippen molar-refractivity contribution in [3.8, 4) is 0 Å². The van der Waals surface area contributed by atoms with Crippen LogP contribution >= 0.6 is 0 Å². The van der Waals surface area contributed by atoms with Gasteiger partial charge in [0.05, 0.1) is 6.42 Å². The molecule has 0 aromatic heterocycles. The maximum absolute atomic E-state index is 12.6. The van der Waals surface area contributed by atoms with E-state index in [2.05, 4.69) is 11.4 Å². The van der Waals surface area contributed by atoms with Crippen LogP contribution in [-0.4, -0.2) is 19.0 Å². The second-order valence-corrected chi connectivity index (χ2v) is 5.01. The Morgan fingerprint density at radius 1 is 1.05 bits per heavy atom. The fourth-order valence-electron chi connectivity index (χ4n) is 2.58. The molecule has 0 aliphatic carbocycles. The Labute approximate surface area is 119 Å². The van der Waals surface area contributed by atoms with Crippen molar-refractivity contribution < 1.29 is 4.79 Å². The minimum atomic E-state index is 0.160. The lowest BCUT2D eigenvalue weighted by molar-refractivity contribution is -0.118. The Bertz CT molecular complexity index is 595. The molecular formula is C17H18N2O. The maximum Gasteiger partial charge on any atom is 0.231 e. The number of carbonyl (C=O) groups excluding carboxylic acids is 1. The summed E-state index contributed by atoms with van der Waals surface area (Å²) >= 11 is 0. The number of carbonyl (C=O) groups is 1. The number of para-hydroxylation sites is 1. The van der Waals surface area contributed by atoms with E-state index in [9.17, 15) is 4.79 Å². The van der Waals surface area contributed by atoms with Crippen molar-refractivity contribution in [2.24, 2.45) is 0 Å². The van der Waals surface area contributed by atoms with Crippen molar-refractivity contribution >= 4 is 11.6 Å². The molecule has 20 heavy (non-hydrogen) atoms. The van der Waals surface area contributed by atoms with Gasteiger partial charge in [-0.25, -0.2) is 0 Å². The maximum atomic E-state index is 12.6. The summed E-state index contributed by atoms with van der Waals surface area (Å²) in [6, 6.07) is 18.0. The Balaban J connectivity index is 1.84. The average molecular weight is 266 g/mol. The number of nitrogens with zero attached hydrogens (tertiary/aromatic N) is 1. The van der Waals surface area contributed by atoms with E-state index in [1.54, 1.807) is 0 Å². The number of fused-ring (bicyclic) bond motifs is 1. The number of nitrogens with one attached hydrogen (secondary N) is 1. The fraction of sp³-hybridized carbons (Fsp3) is 0.235. The molecule has 102 valence electrons. The number of anilines is 1. The third kappa shape index (κ3) is 2.73. The van der Waals surface area contributed by atoms with E-state index >= 15 is 0 Å². The smallest absolute Gasteiger partial charge is 0.231 e. The first-order chi connectivity index (χ1) is 9.84. The summed E-state index contributed by atoms with van der Waals surface area (Å²) in [6.07, 6.45) is 0.454. The lowest BCUT2D eigenvalue weighted by Gasteiger charge is -2.22. The Morgan fingerprint density at radius 2 is 1.80 bits per heavy atom. The molecule has 2 aromatic carbocycles. The summed E-state index contributed by atoms with van der Waals surface area (Å²) in [6.45, 7) is 2.38. The van der Waals surface area contributed by atoms with Gasteiger partial charge in [0.1, 0.15) is 0 Å². The highest BCUT2D eigenvalue weighted by Gasteiger charge is 2.20. The molecule has 0 fully saturated rings. The summed E-state index contributed by atoms with van der Waals surface area (Å²) < 4.78 is 0. The second kappa shape index (κ2) is 5.88. The number of benzene rings is 2. The van der Waals surface area contributed by atoms with Gasteiger partial charge in [-0.05, 0) is 17.2 Å². The predicted molar refractivity (Wildman–Crippen MR) is 80.6 cm³/mol. The molecule has 0 unspecified atom stereocenters. The Morgan fingerprint density at radius 3 is 2.65 bits per heavy atom. The molecule has 3 rings (SSSR count). The molecule has 3 heteroatoms. The van der Waals surface area contributed by atoms with Crippen LogP contribution in [0.15, 0.2) is 54.6 Å². The standard InChI is InChI=1S/C17H18N2O/c20-17(12-14-6-2-1-3-7-14)19-11-10-18-13-15-8-4-5-9-16(15)19/h1-9,18H,10-13H2. The zero-order chi connectivity index (χ0) is 13.8. The van der Waals surface area contributed by atoms with Gasteiger partial charge in [-0.3, -0.25) is 4.79 Å². The van der Waals surface area contributed by atoms with Crippen LogP contribution in [0.4, 0.5) is 5.69 Å². The van der Waals surface area contributed by atoms with Crippen molar-refractivity contribution in [3.05, 3.63) is 65.7 Å². The van der Waals surface area contributed by atoms with E-state index in [0.717, 1.165) is 30.9 Å². The summed E-state index contributed by atoms with van der Waals surface area (Å²) in [5.74, 6) is 0.160. The topological polar surface area (TPSA) is 32.3 Å². The lowest BCUT2D eigenvalue weighted by atomic mass is 10.1. The molecule has 1 aliphatic heterocycles. The molecule has 1 aliphatic rings. The first kappa shape index (κ1) is 12.9. The van der Waals surface area contributed by atoms with Gasteiger partial charge in [0.15, 0.2) is 0 Å². The van der Waals surface area contributed by atoms with Crippen LogP contribution in [-0.2, 0) is 17.8 Å². The fourth-order valence-corrected chi connectivity index (χ4v) is 2.58. The SMILES string of the molecule is O=C(Cc1ccccc1)N1CCNCc2ccccc21. The number of hydrogen-bond donors (Lipinski definition) is 1. The zero-order valence-corrected chi connectivity index (χ0v) is 11.4. The van der Waals surface area contributed by atoms with Crippen LogP contribution in [0.1, 0.15) is 11.1 Å². The molecule has 1 N–H and O–H groups in total. The van der Waals surface area contributed by atoms with Gasteiger partial charge >= 0.3 is 0 Å². The molecule has 1 heterocycles. The van der Waals surface area contributed by atoms with E-state index in [-0.39, 0.29) is 5.91 Å². The molecule has 0 atom stereocenters. The Kier molecular flexibility index (Phi) is 3.79. The first-order valence-electron chi connectivity index (χ1n) is 6.97. The second-order valence-electron chi connectivity index (χ2n) is 5.01. The van der Waals surface area contributed by atoms with Gasteiger partial charge in [0.25, 0.3) is 0 Å². The van der Waals surface area contributed by atoms with Crippen LogP contribution in [0.3, 0.4) is 0 Å². The van der Waals surface area contributed by atoms with Gasteiger partial charge in [-0.15, -0.1) is 0 Å². The summed E-state index contributed by atoms with van der Waals surface area (Å²) in [5, 5.41) is 3.36. The molecule has 2 aromatic rings. The van der Waals surface area contributed by atoms with Crippen LogP contribution in [0, 0.1) is 0 Å². The molecule has 0 bridgehead atoms. The number of rotatable bonds is 2. The van der Waals surface area contributed by atoms with Crippen molar-refractivity contribution in [1.29, 1.82) is 0 Å². The predicted octanol–water partition coefficient (Wildman–Crippen LogP) is 2.37. The molecule has 0 radical (unpaired) electrons. The van der Waals surface area contributed by atoms with Gasteiger partial charge in [-0.1, -0.05) is 48.5 Å². The minimum Gasteiger partial charge on any atom is -0.311 e. The molecule has 1 amide bonds. The zero-order valence-electron chi connectivity index (χ0n) is 11.4. The van der Waals surface area contributed by atoms with Crippen molar-refractivity contribution in [2.75, 3.05) is 18.0 Å². The summed E-state index contributed by atoms with van der Waals surface area (Å²) in [4.78, 5) is 14.5. The molecule has 0 saturated carbocycles. The van der Waals surface area contributed by atoms with Crippen LogP contribution in [0.5, 0.6) is 0 Å². The molecule has 0 spiro atoms. The normalized spacial score (nSPS) is 14.5. The summed E-state index contributed by atoms with van der Waals surface area (Å²) in [5.41, 5.74) is 3.29. The number of hydrogen-bond acceptors (Lipinski definition) is 2. The highest BCUT2D eigenvalue weighted by Crippen LogP contribution is 2.22. The highest BCUT2D eigenvalue weighted by atomic mass is 16.2. The third-order valence-electron chi connectivity index (χ3n) is 3.61. The van der Waals surface area contributed by atoms with Crippen molar-refractivity contribution in [3.63, 3.8) is 0 Å². The van der Waals surface area contributed by atoms with Crippen molar-refractivity contribution in [1.82, 2.24) is 5.32 Å². The largest absolute Gasteiger partial charge is 0.311 e. The van der Waals surface area contributed by atoms with Crippen LogP contribution in [0.2, 0.25) is 0 Å². The molecule has 0 saturated heterocycles. The minimum absolute atomic E-state index is 0.160. The first-order valence-corrected chi connectivity index (χ1v) is 6.97.